The van der Waals surface area contributed by atoms with E-state index in [-0.39, 0.29) is 76.6 Å². The van der Waals surface area contributed by atoms with E-state index in [0.717, 1.165) is 127 Å². The number of benzene rings is 12. The van der Waals surface area contributed by atoms with Crippen molar-refractivity contribution < 1.29 is 44.1 Å². The summed E-state index contributed by atoms with van der Waals surface area (Å²) in [6, 6.07) is 65.1. The van der Waals surface area contributed by atoms with E-state index in [0.29, 0.717) is 120 Å². The van der Waals surface area contributed by atoms with Crippen LogP contribution in [-0.4, -0.2) is 87.8 Å². The van der Waals surface area contributed by atoms with E-state index in [1.54, 1.807) is 93.6 Å². The van der Waals surface area contributed by atoms with Gasteiger partial charge in [0, 0.05) is 184 Å². The molecule has 12 aromatic rings. The number of carbonyl (C=O) groups is 6. The molecule has 19 rings (SSSR count). The van der Waals surface area contributed by atoms with Crippen LogP contribution in [0.2, 0.25) is 0 Å². The number of nitrogen functional groups attached to an aromatic ring is 3. The molecule has 3 heterocycles. The monoisotopic (exact) mass is 1560 g/mol. The number of carbonyl (C=O) groups excluding carboxylic acids is 6. The quantitative estimate of drug-likeness (QED) is 0.0305. The fourth-order valence-electron chi connectivity index (χ4n) is 17.2. The molecule has 4 aliphatic carbocycles. The van der Waals surface area contributed by atoms with Gasteiger partial charge in [-0.3, -0.25) is 28.8 Å². The van der Waals surface area contributed by atoms with Crippen molar-refractivity contribution in [3.63, 3.8) is 0 Å². The number of halogens is 3. The van der Waals surface area contributed by atoms with Gasteiger partial charge >= 0.3 is 0 Å². The first-order valence-corrected chi connectivity index (χ1v) is 39.4. The van der Waals surface area contributed by atoms with Crippen LogP contribution >= 0.6 is 34.8 Å². The predicted octanol–water partition coefficient (Wildman–Crippen LogP) is 17.7. The molecule has 19 heteroatoms. The van der Waals surface area contributed by atoms with Gasteiger partial charge in [0.15, 0.2) is 11.6 Å². The van der Waals surface area contributed by atoms with Crippen LogP contribution in [0.3, 0.4) is 0 Å². The minimum absolute atomic E-state index is 0.0125. The first-order chi connectivity index (χ1) is 55.3. The number of hydrogen-bond acceptors (Lipinski definition) is 12. The Hall–Kier alpha value is -12.7. The molecule has 3 atom stereocenters. The Morgan fingerprint density at radius 1 is 0.377 bits per heavy atom. The van der Waals surface area contributed by atoms with Crippen LogP contribution in [0, 0.1) is 0 Å². The Kier molecular flexibility index (Phi) is 19.7. The second kappa shape index (κ2) is 30.4. The fraction of sp³-hybridized carbons (Fsp3) is 0.158. The van der Waals surface area contributed by atoms with Gasteiger partial charge in [0.25, 0.3) is 23.6 Å². The van der Waals surface area contributed by atoms with Gasteiger partial charge < -0.3 is 52.5 Å². The highest BCUT2D eigenvalue weighted by Gasteiger charge is 2.40. The molecule has 16 nitrogen and oxygen atoms in total. The number of nitrogens with two attached hydrogens (primary N) is 3. The number of amides is 4. The molecule has 3 aliphatic heterocycles. The van der Waals surface area contributed by atoms with Gasteiger partial charge in [-0.25, -0.2) is 0 Å². The Balaban J connectivity index is 0.000000124. The van der Waals surface area contributed by atoms with Crippen molar-refractivity contribution in [3.8, 4) is 17.2 Å². The summed E-state index contributed by atoms with van der Waals surface area (Å²) in [6.45, 7) is 1.40. The Morgan fingerprint density at radius 3 is 1.18 bits per heavy atom. The maximum absolute atomic E-state index is 13.8. The number of Topliss-reactive ketones (excluding diaryl/α,β-unsaturated/α-hetero) is 2. The number of rotatable bonds is 14. The average Bonchev–Trinajstić information content (AvgIpc) is 1.59. The second-order valence-electron chi connectivity index (χ2n) is 30.1. The van der Waals surface area contributed by atoms with E-state index >= 15 is 0 Å². The lowest BCUT2D eigenvalue weighted by atomic mass is 9.95. The third-order valence-electron chi connectivity index (χ3n) is 22.9. The summed E-state index contributed by atoms with van der Waals surface area (Å²) in [5, 5.41) is 40.0. The third-order valence-corrected chi connectivity index (χ3v) is 24.1. The summed E-state index contributed by atoms with van der Waals surface area (Å²) in [4.78, 5) is 85.1. The lowest BCUT2D eigenvalue weighted by Gasteiger charge is -2.19. The largest absolute Gasteiger partial charge is 0.507 e. The third kappa shape index (κ3) is 13.8. The van der Waals surface area contributed by atoms with Gasteiger partial charge in [0.2, 0.25) is 0 Å². The zero-order valence-electron chi connectivity index (χ0n) is 61.7. The highest BCUT2D eigenvalue weighted by molar-refractivity contribution is 6.22. The van der Waals surface area contributed by atoms with Crippen molar-refractivity contribution in [2.24, 2.45) is 0 Å². The lowest BCUT2D eigenvalue weighted by molar-refractivity contribution is -0.115. The normalized spacial score (nSPS) is 16.3. The van der Waals surface area contributed by atoms with Gasteiger partial charge in [0.05, 0.1) is 17.1 Å². The molecule has 566 valence electrons. The number of nitrogens with zero attached hydrogens (tertiary/aromatic N) is 3. The molecule has 0 aromatic heterocycles. The number of allylic oxidation sites excluding steroid dienone is 1. The molecule has 4 amide bonds. The van der Waals surface area contributed by atoms with Crippen LogP contribution in [0.1, 0.15) is 111 Å². The van der Waals surface area contributed by atoms with Crippen molar-refractivity contribution in [2.45, 2.75) is 56.3 Å². The van der Waals surface area contributed by atoms with Crippen molar-refractivity contribution in [1.29, 1.82) is 0 Å². The van der Waals surface area contributed by atoms with Gasteiger partial charge in [-0.1, -0.05) is 127 Å². The van der Waals surface area contributed by atoms with Gasteiger partial charge in [-0.05, 0) is 180 Å². The Morgan fingerprint density at radius 2 is 0.754 bits per heavy atom. The van der Waals surface area contributed by atoms with Crippen molar-refractivity contribution in [3.05, 3.63) is 318 Å². The van der Waals surface area contributed by atoms with Gasteiger partial charge in [-0.2, -0.15) is 0 Å². The Labute approximate surface area is 672 Å². The Bertz CT molecular complexity index is 6230. The standard InChI is InChI=1S/C34H27ClN2O3.C31H25ClN2O3.C30H24ClN3O3/c35-17-25-18-37(30-16-32(39)26-5-1-2-6-27(26)33(25)30)34(40)24-12-20-9-8-19(10-22(20)14-24)11-31(38)23-13-21-4-3-7-29(36)28(21)15-23;32-16-23-17-34(27-15-29(36)25-3-1-2-4-26(25)30(23)27)31(37)22-13-20-6-5-18(11-21(20)14-22)12-28(35)19-7-9-24(33)10-8-19;31-15-21-16-34(26-14-27(35)24-3-1-2-4-25(24)28(21)26)30(37)20-11-17-5-6-18(12-19(17)13-20)29(36)33-23-9-7-22(32)8-10-23/h1-10,13-14,16,25,39H,11-12,15,17-18,36H2;1-11,14-15,23,36H,12-13,16-17,33H2;1-10,12-14,21,35H,11,15-16,32H2,(H,33,36). The maximum Gasteiger partial charge on any atom is 0.255 e. The van der Waals surface area contributed by atoms with E-state index in [1.807, 2.05) is 158 Å². The lowest BCUT2D eigenvalue weighted by Crippen LogP contribution is -2.31. The number of phenolic OH excluding ortho intramolecular Hbond substituents is 3. The fourth-order valence-corrected chi connectivity index (χ4v) is 18.0. The number of anilines is 7. The van der Waals surface area contributed by atoms with E-state index in [1.165, 1.54) is 0 Å². The summed E-state index contributed by atoms with van der Waals surface area (Å²) in [6.07, 6.45) is 10.3. The number of hydrogen-bond donors (Lipinski definition) is 7. The summed E-state index contributed by atoms with van der Waals surface area (Å²) < 4.78 is 0. The summed E-state index contributed by atoms with van der Waals surface area (Å²) in [5.74, 6) is 1.13. The minimum atomic E-state index is -0.235. The second-order valence-corrected chi connectivity index (χ2v) is 31.0. The summed E-state index contributed by atoms with van der Waals surface area (Å²) in [7, 11) is 0. The number of fused-ring (bicyclic) bond motifs is 13. The molecule has 7 aliphatic rings. The van der Waals surface area contributed by atoms with E-state index in [4.69, 9.17) is 52.0 Å². The van der Waals surface area contributed by atoms with Crippen LogP contribution in [0.4, 0.5) is 39.8 Å². The molecule has 0 bridgehead atoms. The molecule has 0 saturated heterocycles. The highest BCUT2D eigenvalue weighted by Crippen LogP contribution is 2.50. The molecular formula is C95H76Cl3N7O9. The molecular weight excluding hydrogens is 1490 g/mol. The summed E-state index contributed by atoms with van der Waals surface area (Å²) >= 11 is 19.0. The number of phenols is 3. The first kappa shape index (κ1) is 74.0. The molecule has 0 radical (unpaired) electrons. The van der Waals surface area contributed by atoms with E-state index in [2.05, 4.69) is 5.32 Å². The first-order valence-electron chi connectivity index (χ1n) is 37.8. The van der Waals surface area contributed by atoms with Crippen molar-refractivity contribution in [2.75, 3.05) is 74.5 Å². The van der Waals surface area contributed by atoms with E-state index < -0.39 is 0 Å². The zero-order chi connectivity index (χ0) is 78.9. The van der Waals surface area contributed by atoms with E-state index in [9.17, 15) is 44.1 Å². The number of aromatic hydroxyl groups is 3. The SMILES string of the molecule is Nc1ccc(C(=O)Cc2ccc3c(c2)C=C(C(=O)N2CC(CCl)c4c2cc(O)c2ccccc42)C3)cc1.Nc1ccc(NC(=O)c2ccc3c(c2)C=C(C(=O)N2CC(CCl)c4c2cc(O)c2ccccc42)C3)cc1.Nc1cccc2c1CC(C(=O)Cc1ccc3c(c1)C=C(C(=O)N1CC(CCl)c4c1cc(O)c1ccccc41)C3)=C2. The molecule has 0 saturated carbocycles. The van der Waals surface area contributed by atoms with Crippen LogP contribution < -0.4 is 37.2 Å². The molecule has 12 aromatic carbocycles. The van der Waals surface area contributed by atoms with Crippen LogP contribution in [0.15, 0.2) is 235 Å². The van der Waals surface area contributed by atoms with Crippen molar-refractivity contribution >= 4 is 166 Å². The van der Waals surface area contributed by atoms with Crippen LogP contribution in [-0.2, 0) is 57.7 Å². The van der Waals surface area contributed by atoms with Crippen LogP contribution in [0.5, 0.6) is 17.2 Å². The average molecular weight is 1570 g/mol. The summed E-state index contributed by atoms with van der Waals surface area (Å²) in [5.41, 5.74) is 39.0. The molecule has 10 N–H and O–H groups in total. The van der Waals surface area contributed by atoms with Gasteiger partial charge in [0.1, 0.15) is 17.2 Å². The number of nitrogens with one attached hydrogen (secondary N) is 1. The topological polar surface area (TPSA) is 263 Å². The number of ketones is 2. The highest BCUT2D eigenvalue weighted by atomic mass is 35.5. The van der Waals surface area contributed by atoms with Crippen molar-refractivity contribution in [1.82, 2.24) is 0 Å². The number of alkyl halides is 3. The molecule has 0 spiro atoms. The van der Waals surface area contributed by atoms with Gasteiger partial charge in [-0.15, -0.1) is 34.8 Å². The maximum atomic E-state index is 13.8. The smallest absolute Gasteiger partial charge is 0.255 e. The van der Waals surface area contributed by atoms with Crippen LogP contribution in [0.25, 0.3) is 56.6 Å². The minimum Gasteiger partial charge on any atom is -0.507 e. The molecule has 114 heavy (non-hydrogen) atoms. The molecule has 0 fully saturated rings. The zero-order valence-corrected chi connectivity index (χ0v) is 64.0. The predicted molar refractivity (Wildman–Crippen MR) is 458 cm³/mol. The molecule has 3 unspecified atom stereocenters.